The molecule has 0 radical (unpaired) electrons. The normalized spacial score (nSPS) is 25.6. The number of rotatable bonds is 3. The lowest BCUT2D eigenvalue weighted by atomic mass is 9.88. The van der Waals surface area contributed by atoms with Gasteiger partial charge in [0.15, 0.2) is 11.5 Å². The van der Waals surface area contributed by atoms with E-state index >= 15 is 0 Å². The number of anilines is 1. The van der Waals surface area contributed by atoms with Crippen LogP contribution in [0.5, 0.6) is 0 Å². The molecule has 1 aromatic carbocycles. The van der Waals surface area contributed by atoms with Crippen LogP contribution in [0.4, 0.5) is 18.9 Å². The Labute approximate surface area is 171 Å². The van der Waals surface area contributed by atoms with Gasteiger partial charge < -0.3 is 15.8 Å². The Morgan fingerprint density at radius 2 is 2.10 bits per heavy atom. The van der Waals surface area contributed by atoms with Crippen LogP contribution in [0.3, 0.4) is 0 Å². The Morgan fingerprint density at radius 3 is 2.83 bits per heavy atom. The van der Waals surface area contributed by atoms with E-state index in [0.29, 0.717) is 12.3 Å². The van der Waals surface area contributed by atoms with E-state index < -0.39 is 50.8 Å². The first-order valence-electron chi connectivity index (χ1n) is 8.73. The third-order valence-electron chi connectivity index (χ3n) is 4.99. The number of ether oxygens (including phenoxy) is 1. The fourth-order valence-electron chi connectivity index (χ4n) is 3.46. The van der Waals surface area contributed by atoms with Crippen LogP contribution in [0.25, 0.3) is 0 Å². The summed E-state index contributed by atoms with van der Waals surface area (Å²) in [6.07, 6.45) is 0.707. The van der Waals surface area contributed by atoms with Crippen LogP contribution in [-0.2, 0) is 21.3 Å². The van der Waals surface area contributed by atoms with Crippen molar-refractivity contribution in [3.05, 3.63) is 59.2 Å². The number of nitrogens with two attached hydrogens (primary N) is 1. The van der Waals surface area contributed by atoms with E-state index in [2.05, 4.69) is 15.3 Å². The molecule has 12 heteroatoms. The molecule has 30 heavy (non-hydrogen) atoms. The summed E-state index contributed by atoms with van der Waals surface area (Å²) in [5, 5.41) is 1.71. The molecule has 158 valence electrons. The zero-order valence-corrected chi connectivity index (χ0v) is 16.4. The number of hydrogen-bond donors (Lipinski definition) is 2. The van der Waals surface area contributed by atoms with Crippen LogP contribution in [0.1, 0.15) is 16.1 Å². The maximum atomic E-state index is 14.8. The van der Waals surface area contributed by atoms with Crippen molar-refractivity contribution in [1.82, 2.24) is 9.29 Å². The largest absolute Gasteiger partial charge is 0.377 e. The Morgan fingerprint density at radius 1 is 1.33 bits per heavy atom. The van der Waals surface area contributed by atoms with Gasteiger partial charge in [0.2, 0.25) is 5.96 Å². The van der Waals surface area contributed by atoms with Crippen molar-refractivity contribution in [3.63, 3.8) is 0 Å². The highest BCUT2D eigenvalue weighted by Gasteiger charge is 2.54. The second kappa shape index (κ2) is 7.36. The molecule has 0 aliphatic carbocycles. The molecular formula is C18H16F3N5O3S. The molecule has 1 saturated heterocycles. The summed E-state index contributed by atoms with van der Waals surface area (Å²) in [4.78, 5) is 20.2. The summed E-state index contributed by atoms with van der Waals surface area (Å²) >= 11 is 0. The van der Waals surface area contributed by atoms with Crippen LogP contribution in [0.15, 0.2) is 35.5 Å². The lowest BCUT2D eigenvalue weighted by molar-refractivity contribution is 0.101. The molecule has 3 N–H and O–H groups in total. The number of carbonyl (C=O) groups excluding carboxylic acids is 1. The fourth-order valence-corrected chi connectivity index (χ4v) is 4.86. The molecule has 3 heterocycles. The zero-order chi connectivity index (χ0) is 21.6. The van der Waals surface area contributed by atoms with Gasteiger partial charge in [0, 0.05) is 24.4 Å². The molecule has 3 unspecified atom stereocenters. The highest BCUT2D eigenvalue weighted by atomic mass is 32.2. The van der Waals surface area contributed by atoms with Crippen molar-refractivity contribution in [2.24, 2.45) is 10.7 Å². The molecular weight excluding hydrogens is 423 g/mol. The van der Waals surface area contributed by atoms with Gasteiger partial charge in [-0.25, -0.2) is 27.4 Å². The van der Waals surface area contributed by atoms with Gasteiger partial charge >= 0.3 is 0 Å². The number of aromatic nitrogens is 1. The minimum Gasteiger partial charge on any atom is -0.377 e. The number of benzene rings is 1. The number of hydrogen-bond acceptors (Lipinski definition) is 6. The second-order valence-electron chi connectivity index (χ2n) is 6.80. The monoisotopic (exact) mass is 439 g/mol. The molecule has 2 aromatic rings. The van der Waals surface area contributed by atoms with Gasteiger partial charge in [-0.05, 0) is 18.2 Å². The Hall–Kier alpha value is -2.99. The summed E-state index contributed by atoms with van der Waals surface area (Å²) < 4.78 is 61.1. The van der Waals surface area contributed by atoms with Crippen LogP contribution in [-0.4, -0.2) is 50.9 Å². The van der Waals surface area contributed by atoms with Gasteiger partial charge in [-0.2, -0.15) is 0 Å². The standard InChI is InChI=1S/C18H16F3N5O3S/c1-26-17(22)25-18(8-29-7-14(18)30(26)28)11-5-10(2-3-12(11)20)24-16(27)15-13(21)4-9(19)6-23-15/h2-6,14H,7-8H2,1H3,(H2,22,25)(H,24,27). The van der Waals surface area contributed by atoms with Crippen LogP contribution in [0, 0.1) is 17.5 Å². The Balaban J connectivity index is 1.72. The average molecular weight is 439 g/mol. The third-order valence-corrected chi connectivity index (χ3v) is 6.73. The van der Waals surface area contributed by atoms with Gasteiger partial charge in [0.25, 0.3) is 5.91 Å². The number of halogens is 3. The smallest absolute Gasteiger partial charge is 0.277 e. The van der Waals surface area contributed by atoms with Gasteiger partial charge in [0.05, 0.1) is 19.4 Å². The highest BCUT2D eigenvalue weighted by molar-refractivity contribution is 7.84. The number of pyridine rings is 1. The Kier molecular flexibility index (Phi) is 4.98. The summed E-state index contributed by atoms with van der Waals surface area (Å²) in [7, 11) is -0.109. The van der Waals surface area contributed by atoms with E-state index in [9.17, 15) is 22.2 Å². The molecule has 0 spiro atoms. The average Bonchev–Trinajstić information content (AvgIpc) is 3.12. The van der Waals surface area contributed by atoms with Crippen LogP contribution in [0.2, 0.25) is 0 Å². The molecule has 1 amide bonds. The van der Waals surface area contributed by atoms with Gasteiger partial charge in [0.1, 0.15) is 33.4 Å². The van der Waals surface area contributed by atoms with Crippen LogP contribution < -0.4 is 11.1 Å². The molecule has 0 bridgehead atoms. The molecule has 0 saturated carbocycles. The Bertz CT molecular complexity index is 1100. The van der Waals surface area contributed by atoms with E-state index in [-0.39, 0.29) is 30.4 Å². The van der Waals surface area contributed by atoms with Crippen molar-refractivity contribution in [2.45, 2.75) is 10.8 Å². The molecule has 4 rings (SSSR count). The molecule has 1 aromatic heterocycles. The SMILES string of the molecule is CN1C(N)=NC2(c3cc(NC(=O)c4ncc(F)cc4F)ccc3F)COCC2S1=O. The number of amides is 1. The van der Waals surface area contributed by atoms with Crippen molar-refractivity contribution < 1.29 is 26.9 Å². The van der Waals surface area contributed by atoms with Crippen molar-refractivity contribution in [1.29, 1.82) is 0 Å². The minimum atomic E-state index is -1.62. The highest BCUT2D eigenvalue weighted by Crippen LogP contribution is 2.42. The number of fused-ring (bicyclic) bond motifs is 1. The predicted octanol–water partition coefficient (Wildman–Crippen LogP) is 1.27. The van der Waals surface area contributed by atoms with E-state index in [4.69, 9.17) is 10.5 Å². The molecule has 1 fully saturated rings. The maximum Gasteiger partial charge on any atom is 0.277 e. The minimum absolute atomic E-state index is 0.0275. The van der Waals surface area contributed by atoms with Crippen molar-refractivity contribution in [3.8, 4) is 0 Å². The lowest BCUT2D eigenvalue weighted by Gasteiger charge is -2.37. The number of nitrogens with zero attached hydrogens (tertiary/aromatic N) is 3. The van der Waals surface area contributed by atoms with Gasteiger partial charge in [-0.1, -0.05) is 0 Å². The van der Waals surface area contributed by atoms with E-state index in [1.165, 1.54) is 23.5 Å². The fraction of sp³-hybridized carbons (Fsp3) is 0.278. The number of aliphatic imine (C=N–C) groups is 1. The number of carbonyl (C=O) groups is 1. The van der Waals surface area contributed by atoms with E-state index in [0.717, 1.165) is 6.07 Å². The number of guanidine groups is 1. The van der Waals surface area contributed by atoms with Crippen LogP contribution >= 0.6 is 0 Å². The number of nitrogens with one attached hydrogen (secondary N) is 1. The van der Waals surface area contributed by atoms with E-state index in [1.807, 2.05) is 0 Å². The first-order chi connectivity index (χ1) is 14.2. The maximum absolute atomic E-state index is 14.8. The predicted molar refractivity (Wildman–Crippen MR) is 102 cm³/mol. The summed E-state index contributed by atoms with van der Waals surface area (Å²) in [6.45, 7) is 0.0227. The first-order valence-corrected chi connectivity index (χ1v) is 9.90. The molecule has 2 aliphatic heterocycles. The third kappa shape index (κ3) is 3.21. The second-order valence-corrected chi connectivity index (χ2v) is 8.47. The first kappa shape index (κ1) is 20.3. The summed E-state index contributed by atoms with van der Waals surface area (Å²) in [5.74, 6) is -3.71. The topological polar surface area (TPSA) is 110 Å². The summed E-state index contributed by atoms with van der Waals surface area (Å²) in [5.41, 5.74) is 4.05. The molecule has 2 aliphatic rings. The van der Waals surface area contributed by atoms with Gasteiger partial charge in [-0.3, -0.25) is 9.10 Å². The molecule has 8 nitrogen and oxygen atoms in total. The summed E-state index contributed by atoms with van der Waals surface area (Å²) in [6, 6.07) is 4.19. The van der Waals surface area contributed by atoms with E-state index in [1.54, 1.807) is 0 Å². The van der Waals surface area contributed by atoms with Crippen molar-refractivity contribution >= 4 is 28.5 Å². The van der Waals surface area contributed by atoms with Crippen molar-refractivity contribution in [2.75, 3.05) is 25.6 Å². The zero-order valence-electron chi connectivity index (χ0n) is 15.6. The quantitative estimate of drug-likeness (QED) is 0.749. The van der Waals surface area contributed by atoms with Gasteiger partial charge in [-0.15, -0.1) is 0 Å². The lowest BCUT2D eigenvalue weighted by Crippen LogP contribution is -2.54. The molecule has 3 atom stereocenters.